The van der Waals surface area contributed by atoms with Crippen LogP contribution in [0.5, 0.6) is 0 Å². The molecule has 27 heavy (non-hydrogen) atoms. The van der Waals surface area contributed by atoms with Crippen LogP contribution in [0.4, 0.5) is 5.82 Å². The number of hydrazone groups is 1. The number of carbonyl (C=O) groups excluding carboxylic acids is 1. The first-order chi connectivity index (χ1) is 12.9. The van der Waals surface area contributed by atoms with Gasteiger partial charge in [0.15, 0.2) is 5.82 Å². The van der Waals surface area contributed by atoms with E-state index in [1.54, 1.807) is 6.07 Å². The Kier molecular flexibility index (Phi) is 6.23. The minimum atomic E-state index is -3.56. The molecule has 3 heterocycles. The van der Waals surface area contributed by atoms with E-state index in [-0.39, 0.29) is 10.8 Å². The molecule has 0 saturated carbocycles. The number of rotatable bonds is 7. The van der Waals surface area contributed by atoms with E-state index in [0.29, 0.717) is 38.4 Å². The molecule has 0 bridgehead atoms. The van der Waals surface area contributed by atoms with E-state index in [1.807, 2.05) is 7.05 Å². The summed E-state index contributed by atoms with van der Waals surface area (Å²) >= 11 is 0. The lowest BCUT2D eigenvalue weighted by Gasteiger charge is -2.31. The standard InChI is InChI=1S/C18H27N5O3S/c1-3-4-5-6-15-13-18(24)23(20-15)17-8-7-16(14-19-17)27(25,26)22-11-9-21(2)10-12-22/h7-8,14H,3-6,9-13H2,1-2H3. The lowest BCUT2D eigenvalue weighted by atomic mass is 10.1. The molecular formula is C18H27N5O3S. The normalized spacial score (nSPS) is 19.6. The third-order valence-electron chi connectivity index (χ3n) is 4.94. The summed E-state index contributed by atoms with van der Waals surface area (Å²) in [5, 5.41) is 5.66. The number of amides is 1. The first-order valence-corrected chi connectivity index (χ1v) is 10.9. The number of aromatic nitrogens is 1. The quantitative estimate of drug-likeness (QED) is 0.658. The van der Waals surface area contributed by atoms with E-state index >= 15 is 0 Å². The number of pyridine rings is 1. The lowest BCUT2D eigenvalue weighted by Crippen LogP contribution is -2.47. The number of unbranched alkanes of at least 4 members (excludes halogenated alkanes) is 2. The minimum Gasteiger partial charge on any atom is -0.304 e. The number of hydrogen-bond donors (Lipinski definition) is 0. The molecule has 1 aromatic rings. The maximum atomic E-state index is 12.7. The molecule has 148 valence electrons. The van der Waals surface area contributed by atoms with Crippen LogP contribution in [0.1, 0.15) is 39.0 Å². The zero-order valence-electron chi connectivity index (χ0n) is 16.0. The molecular weight excluding hydrogens is 366 g/mol. The maximum absolute atomic E-state index is 12.7. The number of likely N-dealkylation sites (N-methyl/N-ethyl adjacent to an activating group) is 1. The molecule has 0 N–H and O–H groups in total. The summed E-state index contributed by atoms with van der Waals surface area (Å²) in [6.45, 7) is 4.49. The van der Waals surface area contributed by atoms with Gasteiger partial charge in [0.1, 0.15) is 4.90 Å². The van der Waals surface area contributed by atoms with E-state index in [9.17, 15) is 13.2 Å². The van der Waals surface area contributed by atoms with Crippen molar-refractivity contribution < 1.29 is 13.2 Å². The molecule has 0 radical (unpaired) electrons. The zero-order chi connectivity index (χ0) is 19.4. The monoisotopic (exact) mass is 393 g/mol. The van der Waals surface area contributed by atoms with Crippen LogP contribution in [0, 0.1) is 0 Å². The van der Waals surface area contributed by atoms with Gasteiger partial charge in [0, 0.05) is 38.1 Å². The Morgan fingerprint density at radius 3 is 2.48 bits per heavy atom. The van der Waals surface area contributed by atoms with Crippen molar-refractivity contribution in [2.24, 2.45) is 5.10 Å². The second-order valence-corrected chi connectivity index (χ2v) is 9.00. The van der Waals surface area contributed by atoms with Crippen LogP contribution in [0.15, 0.2) is 28.3 Å². The highest BCUT2D eigenvalue weighted by Crippen LogP contribution is 2.23. The Balaban J connectivity index is 1.70. The Morgan fingerprint density at radius 2 is 1.85 bits per heavy atom. The maximum Gasteiger partial charge on any atom is 0.254 e. The van der Waals surface area contributed by atoms with Crippen molar-refractivity contribution >= 4 is 27.5 Å². The molecule has 0 unspecified atom stereocenters. The van der Waals surface area contributed by atoms with E-state index in [0.717, 1.165) is 31.4 Å². The third-order valence-corrected chi connectivity index (χ3v) is 6.82. The second-order valence-electron chi connectivity index (χ2n) is 7.07. The van der Waals surface area contributed by atoms with Crippen LogP contribution in [0.25, 0.3) is 0 Å². The molecule has 1 saturated heterocycles. The molecule has 2 aliphatic rings. The molecule has 0 atom stereocenters. The van der Waals surface area contributed by atoms with Gasteiger partial charge in [-0.05, 0) is 32.0 Å². The van der Waals surface area contributed by atoms with Crippen molar-refractivity contribution in [3.05, 3.63) is 18.3 Å². The number of sulfonamides is 1. The Hall–Kier alpha value is -1.84. The van der Waals surface area contributed by atoms with Crippen LogP contribution in [0.3, 0.4) is 0 Å². The average Bonchev–Trinajstić information content (AvgIpc) is 3.03. The van der Waals surface area contributed by atoms with Gasteiger partial charge in [-0.3, -0.25) is 4.79 Å². The van der Waals surface area contributed by atoms with Crippen molar-refractivity contribution in [1.82, 2.24) is 14.2 Å². The second kappa shape index (κ2) is 8.45. The number of piperazine rings is 1. The smallest absolute Gasteiger partial charge is 0.254 e. The highest BCUT2D eigenvalue weighted by molar-refractivity contribution is 7.89. The van der Waals surface area contributed by atoms with Gasteiger partial charge in [0.05, 0.1) is 6.42 Å². The molecule has 3 rings (SSSR count). The molecule has 0 aliphatic carbocycles. The SMILES string of the molecule is CCCCCC1=NN(c2ccc(S(=O)(=O)N3CCN(C)CC3)cn2)C(=O)C1. The largest absolute Gasteiger partial charge is 0.304 e. The van der Waals surface area contributed by atoms with Gasteiger partial charge in [-0.2, -0.15) is 14.4 Å². The van der Waals surface area contributed by atoms with Crippen molar-refractivity contribution in [3.63, 3.8) is 0 Å². The molecule has 1 aromatic heterocycles. The fourth-order valence-electron chi connectivity index (χ4n) is 3.21. The van der Waals surface area contributed by atoms with Gasteiger partial charge in [-0.1, -0.05) is 19.8 Å². The van der Waals surface area contributed by atoms with Crippen molar-refractivity contribution in [3.8, 4) is 0 Å². The summed E-state index contributed by atoms with van der Waals surface area (Å²) < 4.78 is 27.0. The zero-order valence-corrected chi connectivity index (χ0v) is 16.8. The number of carbonyl (C=O) groups is 1. The van der Waals surface area contributed by atoms with Gasteiger partial charge in [0.2, 0.25) is 10.0 Å². The molecule has 1 amide bonds. The van der Waals surface area contributed by atoms with E-state index < -0.39 is 10.0 Å². The summed E-state index contributed by atoms with van der Waals surface area (Å²) in [6.07, 6.45) is 5.70. The van der Waals surface area contributed by atoms with Crippen LogP contribution in [-0.4, -0.2) is 67.5 Å². The van der Waals surface area contributed by atoms with Crippen molar-refractivity contribution in [2.45, 2.75) is 43.9 Å². The van der Waals surface area contributed by atoms with Crippen molar-refractivity contribution in [1.29, 1.82) is 0 Å². The van der Waals surface area contributed by atoms with Crippen LogP contribution >= 0.6 is 0 Å². The van der Waals surface area contributed by atoms with E-state index in [2.05, 4.69) is 21.9 Å². The Morgan fingerprint density at radius 1 is 1.11 bits per heavy atom. The summed E-state index contributed by atoms with van der Waals surface area (Å²) in [5.74, 6) is 0.242. The highest BCUT2D eigenvalue weighted by Gasteiger charge is 2.29. The van der Waals surface area contributed by atoms with Crippen molar-refractivity contribution in [2.75, 3.05) is 38.2 Å². The first kappa shape index (κ1) is 19.9. The van der Waals surface area contributed by atoms with Gasteiger partial charge < -0.3 is 4.90 Å². The van der Waals surface area contributed by atoms with Gasteiger partial charge in [-0.25, -0.2) is 13.4 Å². The first-order valence-electron chi connectivity index (χ1n) is 9.46. The molecule has 1 fully saturated rings. The van der Waals surface area contributed by atoms with E-state index in [1.165, 1.54) is 21.6 Å². The fourth-order valence-corrected chi connectivity index (χ4v) is 4.57. The summed E-state index contributed by atoms with van der Waals surface area (Å²) in [7, 11) is -1.58. The van der Waals surface area contributed by atoms with Crippen LogP contribution in [-0.2, 0) is 14.8 Å². The average molecular weight is 394 g/mol. The number of hydrogen-bond acceptors (Lipinski definition) is 6. The third kappa shape index (κ3) is 4.53. The summed E-state index contributed by atoms with van der Waals surface area (Å²) in [5.41, 5.74) is 0.865. The van der Waals surface area contributed by atoms with E-state index in [4.69, 9.17) is 0 Å². The summed E-state index contributed by atoms with van der Waals surface area (Å²) in [4.78, 5) is 18.7. The number of nitrogens with zero attached hydrogens (tertiary/aromatic N) is 5. The predicted octanol–water partition coefficient (Wildman–Crippen LogP) is 1.69. The topological polar surface area (TPSA) is 86.2 Å². The van der Waals surface area contributed by atoms with Gasteiger partial charge in [-0.15, -0.1) is 0 Å². The van der Waals surface area contributed by atoms with Gasteiger partial charge >= 0.3 is 0 Å². The molecule has 2 aliphatic heterocycles. The number of anilines is 1. The Bertz CT molecular complexity index is 799. The fraction of sp³-hybridized carbons (Fsp3) is 0.611. The molecule has 8 nitrogen and oxygen atoms in total. The molecule has 9 heteroatoms. The minimum absolute atomic E-state index is 0.122. The highest BCUT2D eigenvalue weighted by atomic mass is 32.2. The van der Waals surface area contributed by atoms with Crippen LogP contribution in [0.2, 0.25) is 0 Å². The Labute approximate surface area is 160 Å². The predicted molar refractivity (Wildman–Crippen MR) is 104 cm³/mol. The molecule has 0 aromatic carbocycles. The molecule has 0 spiro atoms. The summed E-state index contributed by atoms with van der Waals surface area (Å²) in [6, 6.07) is 3.06. The van der Waals surface area contributed by atoms with Crippen LogP contribution < -0.4 is 5.01 Å². The lowest BCUT2D eigenvalue weighted by molar-refractivity contribution is -0.116. The van der Waals surface area contributed by atoms with Gasteiger partial charge in [0.25, 0.3) is 5.91 Å².